The van der Waals surface area contributed by atoms with Crippen LogP contribution in [0.3, 0.4) is 0 Å². The highest BCUT2D eigenvalue weighted by Gasteiger charge is 2.14. The summed E-state index contributed by atoms with van der Waals surface area (Å²) in [5.74, 6) is 1.02. The van der Waals surface area contributed by atoms with Gasteiger partial charge >= 0.3 is 5.97 Å². The third-order valence-corrected chi connectivity index (χ3v) is 3.56. The Labute approximate surface area is 103 Å². The number of nitrogens with one attached hydrogen (secondary N) is 1. The number of methoxy groups -OCH3 is 1. The van der Waals surface area contributed by atoms with E-state index in [-0.39, 0.29) is 5.76 Å². The first-order chi connectivity index (χ1) is 8.19. The van der Waals surface area contributed by atoms with Crippen molar-refractivity contribution < 1.29 is 18.2 Å². The molecule has 1 aromatic rings. The van der Waals surface area contributed by atoms with Crippen LogP contribution in [0.4, 0.5) is 0 Å². The van der Waals surface area contributed by atoms with Crippen LogP contribution in [0.5, 0.6) is 0 Å². The van der Waals surface area contributed by atoms with Crippen LogP contribution in [-0.4, -0.2) is 35.3 Å². The predicted octanol–water partition coefficient (Wildman–Crippen LogP) is 0.924. The quantitative estimate of drug-likeness (QED) is 0.582. The van der Waals surface area contributed by atoms with Crippen molar-refractivity contribution in [2.24, 2.45) is 0 Å². The lowest BCUT2D eigenvalue weighted by Gasteiger charge is -2.03. The molecule has 0 aliphatic carbocycles. The van der Waals surface area contributed by atoms with Crippen molar-refractivity contribution in [1.29, 1.82) is 0 Å². The van der Waals surface area contributed by atoms with E-state index in [1.165, 1.54) is 13.4 Å². The molecule has 1 aromatic heterocycles. The molecule has 0 aromatic carbocycles. The Morgan fingerprint density at radius 2 is 2.35 bits per heavy atom. The van der Waals surface area contributed by atoms with E-state index in [0.29, 0.717) is 24.6 Å². The molecule has 0 radical (unpaired) electrons. The van der Waals surface area contributed by atoms with E-state index in [9.17, 15) is 9.00 Å². The normalized spacial score (nSPS) is 12.4. The Bertz CT molecular complexity index is 389. The topological polar surface area (TPSA) is 68.5 Å². The molecule has 6 heteroatoms. The van der Waals surface area contributed by atoms with Gasteiger partial charge in [0.25, 0.3) is 0 Å². The fourth-order valence-corrected chi connectivity index (χ4v) is 1.96. The molecule has 5 nitrogen and oxygen atoms in total. The molecule has 1 rings (SSSR count). The van der Waals surface area contributed by atoms with Gasteiger partial charge in [0.15, 0.2) is 0 Å². The summed E-state index contributed by atoms with van der Waals surface area (Å²) in [4.78, 5) is 11.3. The molecule has 0 amide bonds. The maximum atomic E-state index is 11.3. The highest BCUT2D eigenvalue weighted by molar-refractivity contribution is 7.84. The van der Waals surface area contributed by atoms with Crippen molar-refractivity contribution in [2.75, 3.05) is 25.2 Å². The number of hydrogen-bond acceptors (Lipinski definition) is 5. The molecule has 1 heterocycles. The third kappa shape index (κ3) is 4.32. The molecule has 0 aliphatic rings. The number of carbonyl (C=O) groups is 1. The van der Waals surface area contributed by atoms with Crippen molar-refractivity contribution in [2.45, 2.75) is 13.5 Å². The van der Waals surface area contributed by atoms with E-state index in [1.807, 2.05) is 6.92 Å². The number of esters is 1. The molecule has 0 saturated carbocycles. The molecule has 0 bridgehead atoms. The zero-order valence-corrected chi connectivity index (χ0v) is 10.8. The zero-order chi connectivity index (χ0) is 12.7. The average molecular weight is 259 g/mol. The minimum Gasteiger partial charge on any atom is -0.463 e. The van der Waals surface area contributed by atoms with Crippen LogP contribution in [0, 0.1) is 0 Å². The highest BCUT2D eigenvalue weighted by atomic mass is 32.2. The number of ether oxygens (including phenoxy) is 1. The van der Waals surface area contributed by atoms with E-state index >= 15 is 0 Å². The first-order valence-electron chi connectivity index (χ1n) is 5.39. The first-order valence-corrected chi connectivity index (χ1v) is 6.88. The van der Waals surface area contributed by atoms with Gasteiger partial charge in [-0.3, -0.25) is 4.21 Å². The molecule has 1 N–H and O–H groups in total. The van der Waals surface area contributed by atoms with Crippen molar-refractivity contribution in [3.05, 3.63) is 23.7 Å². The summed E-state index contributed by atoms with van der Waals surface area (Å²) in [6, 6.07) is 1.72. The number of furan rings is 1. The van der Waals surface area contributed by atoms with Gasteiger partial charge in [0.2, 0.25) is 5.76 Å². The summed E-state index contributed by atoms with van der Waals surface area (Å²) >= 11 is 0. The van der Waals surface area contributed by atoms with Gasteiger partial charge in [-0.25, -0.2) is 4.79 Å². The van der Waals surface area contributed by atoms with Gasteiger partial charge in [-0.05, 0) is 6.07 Å². The van der Waals surface area contributed by atoms with Gasteiger partial charge in [-0.1, -0.05) is 6.92 Å². The summed E-state index contributed by atoms with van der Waals surface area (Å²) in [7, 11) is 0.543. The van der Waals surface area contributed by atoms with E-state index in [1.54, 1.807) is 6.07 Å². The van der Waals surface area contributed by atoms with Gasteiger partial charge in [0.1, 0.15) is 0 Å². The van der Waals surface area contributed by atoms with E-state index in [4.69, 9.17) is 4.42 Å². The van der Waals surface area contributed by atoms with Gasteiger partial charge in [-0.2, -0.15) is 0 Å². The van der Waals surface area contributed by atoms with Crippen LogP contribution in [0.1, 0.15) is 23.0 Å². The van der Waals surface area contributed by atoms with Crippen LogP contribution >= 0.6 is 0 Å². The van der Waals surface area contributed by atoms with E-state index in [2.05, 4.69) is 10.1 Å². The number of carbonyl (C=O) groups excluding carboxylic acids is 1. The number of rotatable bonds is 7. The van der Waals surface area contributed by atoms with Crippen LogP contribution < -0.4 is 5.32 Å². The van der Waals surface area contributed by atoms with E-state index < -0.39 is 16.8 Å². The Morgan fingerprint density at radius 1 is 1.59 bits per heavy atom. The summed E-state index contributed by atoms with van der Waals surface area (Å²) in [5, 5.41) is 3.11. The number of hydrogen-bond donors (Lipinski definition) is 1. The van der Waals surface area contributed by atoms with E-state index in [0.717, 1.165) is 5.56 Å². The van der Waals surface area contributed by atoms with Gasteiger partial charge in [0.05, 0.1) is 13.4 Å². The summed E-state index contributed by atoms with van der Waals surface area (Å²) in [6.07, 6.45) is 1.45. The molecule has 0 spiro atoms. The monoisotopic (exact) mass is 259 g/mol. The summed E-state index contributed by atoms with van der Waals surface area (Å²) in [5.41, 5.74) is 0.749. The first kappa shape index (κ1) is 13.9. The maximum Gasteiger partial charge on any atom is 0.374 e. The highest BCUT2D eigenvalue weighted by Crippen LogP contribution is 2.11. The standard InChI is InChI=1S/C11H17NO4S/c1-3-17(14)7-5-12-8-9-4-6-16-10(9)11(13)15-2/h4,6,12H,3,5,7-8H2,1-2H3. The second kappa shape index (κ2) is 7.24. The fraction of sp³-hybridized carbons (Fsp3) is 0.545. The summed E-state index contributed by atoms with van der Waals surface area (Å²) < 4.78 is 20.8. The van der Waals surface area contributed by atoms with Crippen molar-refractivity contribution in [3.63, 3.8) is 0 Å². The lowest BCUT2D eigenvalue weighted by Crippen LogP contribution is -2.21. The van der Waals surface area contributed by atoms with Crippen LogP contribution in [0.25, 0.3) is 0 Å². The molecule has 0 aliphatic heterocycles. The van der Waals surface area contributed by atoms with Gasteiger partial charge in [-0.15, -0.1) is 0 Å². The second-order valence-corrected chi connectivity index (χ2v) is 5.24. The maximum absolute atomic E-state index is 11.3. The Morgan fingerprint density at radius 3 is 3.00 bits per heavy atom. The van der Waals surface area contributed by atoms with Crippen LogP contribution in [-0.2, 0) is 22.1 Å². The van der Waals surface area contributed by atoms with Gasteiger partial charge < -0.3 is 14.5 Å². The Kier molecular flexibility index (Phi) is 5.93. The minimum atomic E-state index is -0.769. The Balaban J connectivity index is 2.39. The molecular weight excluding hydrogens is 242 g/mol. The smallest absolute Gasteiger partial charge is 0.374 e. The molecule has 0 fully saturated rings. The van der Waals surface area contributed by atoms with Crippen LogP contribution in [0.2, 0.25) is 0 Å². The Hall–Kier alpha value is -1.14. The predicted molar refractivity (Wildman–Crippen MR) is 65.3 cm³/mol. The molecular formula is C11H17NO4S. The fourth-order valence-electron chi connectivity index (χ4n) is 1.30. The lowest BCUT2D eigenvalue weighted by molar-refractivity contribution is 0.0563. The SMILES string of the molecule is CCS(=O)CCNCc1ccoc1C(=O)OC. The lowest BCUT2D eigenvalue weighted by atomic mass is 10.2. The largest absolute Gasteiger partial charge is 0.463 e. The zero-order valence-electron chi connectivity index (χ0n) is 10.0. The van der Waals surface area contributed by atoms with Crippen molar-refractivity contribution in [3.8, 4) is 0 Å². The minimum absolute atomic E-state index is 0.219. The second-order valence-electron chi connectivity index (χ2n) is 3.38. The van der Waals surface area contributed by atoms with Gasteiger partial charge in [0, 0.05) is 41.0 Å². The molecule has 1 unspecified atom stereocenters. The molecule has 96 valence electrons. The molecule has 0 saturated heterocycles. The van der Waals surface area contributed by atoms with Crippen molar-refractivity contribution >= 4 is 16.8 Å². The molecule has 17 heavy (non-hydrogen) atoms. The third-order valence-electron chi connectivity index (χ3n) is 2.26. The molecule has 1 atom stereocenters. The average Bonchev–Trinajstić information content (AvgIpc) is 2.81. The van der Waals surface area contributed by atoms with Crippen molar-refractivity contribution in [1.82, 2.24) is 5.32 Å². The van der Waals surface area contributed by atoms with Crippen LogP contribution in [0.15, 0.2) is 16.7 Å². The summed E-state index contributed by atoms with van der Waals surface area (Å²) in [6.45, 7) is 3.04.